The van der Waals surface area contributed by atoms with Crippen LogP contribution in [0.1, 0.15) is 170 Å². The topological polar surface area (TPSA) is 33.5 Å². The van der Waals surface area contributed by atoms with Crippen molar-refractivity contribution in [2.75, 3.05) is 16.5 Å². The van der Waals surface area contributed by atoms with E-state index in [1.54, 1.807) is 0 Å². The SMILES string of the molecule is CC(C)(C)C1=C(C(C)(C)C)N(c2cc(C(C)(C)C)cc(C(C)(C)c3ccccc3)c2)CN1c1cc(Oc2ccc3c4cc(C(C)(C)c5ccccc5)ccc4n(-c4cc(C(C)(C)C)ccn4)c3c2)cc(C(C)(C)C)c1. The van der Waals surface area contributed by atoms with Gasteiger partial charge in [0, 0.05) is 73.5 Å². The number of aromatic nitrogens is 2. The van der Waals surface area contributed by atoms with Gasteiger partial charge in [0.25, 0.3) is 0 Å². The predicted octanol–water partition coefficient (Wildman–Crippen LogP) is 19.1. The summed E-state index contributed by atoms with van der Waals surface area (Å²) in [5.74, 6) is 2.48. The number of hydrogen-bond donors (Lipinski definition) is 0. The Bertz CT molecular complexity index is 3440. The maximum Gasteiger partial charge on any atom is 0.137 e. The summed E-state index contributed by atoms with van der Waals surface area (Å²) in [6.45, 7) is 45.0. The van der Waals surface area contributed by atoms with E-state index in [1.807, 2.05) is 6.20 Å². The minimum Gasteiger partial charge on any atom is -0.457 e. The molecule has 0 amide bonds. The molecule has 1 aliphatic rings. The van der Waals surface area contributed by atoms with Crippen LogP contribution in [0, 0.1) is 10.8 Å². The van der Waals surface area contributed by atoms with Crippen molar-refractivity contribution in [3.8, 4) is 17.3 Å². The second-order valence-electron chi connectivity index (χ2n) is 27.7. The van der Waals surface area contributed by atoms with E-state index < -0.39 is 0 Å². The van der Waals surface area contributed by atoms with Crippen LogP contribution in [0.4, 0.5) is 11.4 Å². The standard InChI is InChI=1S/C70H84N4O/c1-64(2,3)48-34-35-71-61(42-48)74-59-33-30-49(69(16,17)46-26-22-20-23-27-46)41-58(59)57-32-31-55(44-60(57)74)75-56-40-51(66(7,8)9)38-54(43-56)73-45-72(62(67(10,11)12)63(73)68(13,14)15)53-37-50(65(4,5)6)36-52(39-53)70(18,19)47-28-24-21-25-29-47/h20-44H,45H2,1-19H3. The highest BCUT2D eigenvalue weighted by Crippen LogP contribution is 2.50. The van der Waals surface area contributed by atoms with Gasteiger partial charge in [-0.3, -0.25) is 4.57 Å². The number of allylic oxidation sites excluding steroid dienone is 2. The van der Waals surface area contributed by atoms with Crippen LogP contribution in [0.15, 0.2) is 163 Å². The van der Waals surface area contributed by atoms with Crippen molar-refractivity contribution in [2.24, 2.45) is 10.8 Å². The van der Waals surface area contributed by atoms with Crippen molar-refractivity contribution >= 4 is 33.2 Å². The molecule has 6 aromatic carbocycles. The molecule has 5 nitrogen and oxygen atoms in total. The Morgan fingerprint density at radius 2 is 0.867 bits per heavy atom. The normalized spacial score (nSPS) is 14.4. The van der Waals surface area contributed by atoms with Gasteiger partial charge in [0.05, 0.1) is 17.7 Å². The Hall–Kier alpha value is -6.59. The molecule has 0 unspecified atom stereocenters. The van der Waals surface area contributed by atoms with Crippen molar-refractivity contribution in [3.63, 3.8) is 0 Å². The fourth-order valence-electron chi connectivity index (χ4n) is 11.2. The van der Waals surface area contributed by atoms with Crippen molar-refractivity contribution < 1.29 is 4.74 Å². The molecule has 8 aromatic rings. The number of nitrogens with zero attached hydrogens (tertiary/aromatic N) is 4. The summed E-state index contributed by atoms with van der Waals surface area (Å²) in [7, 11) is 0. The number of ether oxygens (including phenoxy) is 1. The van der Waals surface area contributed by atoms with Crippen LogP contribution >= 0.6 is 0 Å². The summed E-state index contributed by atoms with van der Waals surface area (Å²) in [5, 5.41) is 2.35. The van der Waals surface area contributed by atoms with Gasteiger partial charge in [-0.1, -0.05) is 204 Å². The Morgan fingerprint density at radius 1 is 0.360 bits per heavy atom. The molecule has 1 aliphatic heterocycles. The second-order valence-corrected chi connectivity index (χ2v) is 27.7. The van der Waals surface area contributed by atoms with Gasteiger partial charge in [-0.15, -0.1) is 0 Å². The van der Waals surface area contributed by atoms with Crippen LogP contribution in [-0.2, 0) is 27.1 Å². The monoisotopic (exact) mass is 997 g/mol. The van der Waals surface area contributed by atoms with Crippen molar-refractivity contribution in [1.29, 1.82) is 0 Å². The quantitative estimate of drug-likeness (QED) is 0.144. The number of rotatable bonds is 9. The molecule has 0 atom stereocenters. The molecule has 75 heavy (non-hydrogen) atoms. The average molecular weight is 997 g/mol. The Balaban J connectivity index is 1.20. The van der Waals surface area contributed by atoms with Crippen LogP contribution in [0.5, 0.6) is 11.5 Å². The van der Waals surface area contributed by atoms with Crippen molar-refractivity contribution in [2.45, 2.75) is 159 Å². The molecule has 2 aromatic heterocycles. The second kappa shape index (κ2) is 18.6. The van der Waals surface area contributed by atoms with Gasteiger partial charge in [-0.2, -0.15) is 0 Å². The van der Waals surface area contributed by atoms with Crippen molar-refractivity contribution in [3.05, 3.63) is 202 Å². The molecule has 9 rings (SSSR count). The highest BCUT2D eigenvalue weighted by molar-refractivity contribution is 6.10. The van der Waals surface area contributed by atoms with Crippen LogP contribution < -0.4 is 14.5 Å². The van der Waals surface area contributed by atoms with Gasteiger partial charge >= 0.3 is 0 Å². The molecule has 0 aliphatic carbocycles. The van der Waals surface area contributed by atoms with E-state index in [4.69, 9.17) is 9.72 Å². The summed E-state index contributed by atoms with van der Waals surface area (Å²) in [5.41, 5.74) is 15.1. The van der Waals surface area contributed by atoms with Gasteiger partial charge in [-0.05, 0) is 116 Å². The molecule has 0 N–H and O–H groups in total. The molecule has 0 fully saturated rings. The molecule has 390 valence electrons. The molecule has 0 radical (unpaired) electrons. The summed E-state index contributed by atoms with van der Waals surface area (Å²) in [6, 6.07) is 54.1. The Labute approximate surface area is 450 Å². The van der Waals surface area contributed by atoms with Crippen molar-refractivity contribution in [1.82, 2.24) is 9.55 Å². The highest BCUT2D eigenvalue weighted by atomic mass is 16.5. The average Bonchev–Trinajstić information content (AvgIpc) is 3.92. The van der Waals surface area contributed by atoms with E-state index in [0.717, 1.165) is 39.4 Å². The molecule has 0 bridgehead atoms. The third-order valence-corrected chi connectivity index (χ3v) is 15.9. The first-order chi connectivity index (χ1) is 34.8. The van der Waals surface area contributed by atoms with Crippen LogP contribution in [0.3, 0.4) is 0 Å². The first-order valence-electron chi connectivity index (χ1n) is 27.3. The molecule has 3 heterocycles. The lowest BCUT2D eigenvalue weighted by molar-refractivity contribution is 0.444. The van der Waals surface area contributed by atoms with Crippen LogP contribution in [0.2, 0.25) is 0 Å². The van der Waals surface area contributed by atoms with Gasteiger partial charge in [-0.25, -0.2) is 4.98 Å². The zero-order valence-corrected chi connectivity index (χ0v) is 48.8. The molecule has 5 heteroatoms. The number of hydrogen-bond acceptors (Lipinski definition) is 4. The van der Waals surface area contributed by atoms with E-state index in [2.05, 4.69) is 292 Å². The first-order valence-corrected chi connectivity index (χ1v) is 27.3. The highest BCUT2D eigenvalue weighted by Gasteiger charge is 2.43. The lowest BCUT2D eigenvalue weighted by atomic mass is 9.75. The summed E-state index contributed by atoms with van der Waals surface area (Å²) in [6.07, 6.45) is 1.96. The molecular weight excluding hydrogens is 913 g/mol. The zero-order valence-electron chi connectivity index (χ0n) is 48.8. The van der Waals surface area contributed by atoms with E-state index in [9.17, 15) is 0 Å². The fraction of sp³-hybridized carbons (Fsp3) is 0.386. The number of pyridine rings is 1. The van der Waals surface area contributed by atoms with Gasteiger partial charge in [0.15, 0.2) is 0 Å². The van der Waals surface area contributed by atoms with Crippen LogP contribution in [-0.4, -0.2) is 16.2 Å². The molecule has 0 spiro atoms. The fourth-order valence-corrected chi connectivity index (χ4v) is 11.2. The third kappa shape index (κ3) is 10.3. The van der Waals surface area contributed by atoms with Crippen LogP contribution in [0.25, 0.3) is 27.6 Å². The lowest BCUT2D eigenvalue weighted by Crippen LogP contribution is -2.32. The third-order valence-electron chi connectivity index (χ3n) is 15.9. The predicted molar refractivity (Wildman–Crippen MR) is 321 cm³/mol. The smallest absolute Gasteiger partial charge is 0.137 e. The lowest BCUT2D eigenvalue weighted by Gasteiger charge is -2.35. The number of benzene rings is 6. The summed E-state index contributed by atoms with van der Waals surface area (Å²) >= 11 is 0. The zero-order chi connectivity index (χ0) is 54.4. The van der Waals surface area contributed by atoms with E-state index in [1.165, 1.54) is 61.4 Å². The van der Waals surface area contributed by atoms with Gasteiger partial charge in [0.1, 0.15) is 17.3 Å². The molecular formula is C70H84N4O. The van der Waals surface area contributed by atoms with Gasteiger partial charge < -0.3 is 14.5 Å². The molecule has 0 saturated carbocycles. The number of fused-ring (bicyclic) bond motifs is 3. The Kier molecular flexibility index (Phi) is 13.2. The van der Waals surface area contributed by atoms with E-state index in [0.29, 0.717) is 6.67 Å². The summed E-state index contributed by atoms with van der Waals surface area (Å²) in [4.78, 5) is 10.3. The van der Waals surface area contributed by atoms with E-state index in [-0.39, 0.29) is 37.9 Å². The maximum atomic E-state index is 7.21. The largest absolute Gasteiger partial charge is 0.457 e. The Morgan fingerprint density at radius 3 is 1.40 bits per heavy atom. The minimum absolute atomic E-state index is 0.0475. The minimum atomic E-state index is -0.213. The van der Waals surface area contributed by atoms with E-state index >= 15 is 0 Å². The van der Waals surface area contributed by atoms with Gasteiger partial charge in [0.2, 0.25) is 0 Å². The first kappa shape index (κ1) is 53.2. The molecule has 0 saturated heterocycles. The summed E-state index contributed by atoms with van der Waals surface area (Å²) < 4.78 is 9.54. The maximum absolute atomic E-state index is 7.21. The number of anilines is 2.